The zero-order valence-electron chi connectivity index (χ0n) is 17.4. The lowest BCUT2D eigenvalue weighted by molar-refractivity contribution is -0.124. The van der Waals surface area contributed by atoms with Crippen molar-refractivity contribution >= 4 is 33.3 Å². The van der Waals surface area contributed by atoms with Crippen LogP contribution in [0.15, 0.2) is 36.5 Å². The van der Waals surface area contributed by atoms with Crippen LogP contribution >= 0.6 is 11.3 Å². The van der Waals surface area contributed by atoms with Crippen molar-refractivity contribution in [1.82, 2.24) is 9.97 Å². The Kier molecular flexibility index (Phi) is 4.24. The fraction of sp³-hybridized carbons (Fsp3) is 0.480. The van der Waals surface area contributed by atoms with E-state index in [1.165, 1.54) is 38.5 Å². The highest BCUT2D eigenvalue weighted by molar-refractivity contribution is 7.21. The second-order valence-corrected chi connectivity index (χ2v) is 11.0. The maximum Gasteiger partial charge on any atom is 0.224 e. The number of carbonyl (C=O) groups excluding carboxylic acids is 1. The summed E-state index contributed by atoms with van der Waals surface area (Å²) in [5.41, 5.74) is 4.09. The molecule has 30 heavy (non-hydrogen) atoms. The average molecular weight is 418 g/mol. The molecule has 1 aromatic carbocycles. The summed E-state index contributed by atoms with van der Waals surface area (Å²) >= 11 is 1.64. The largest absolute Gasteiger partial charge is 0.326 e. The number of hydrogen-bond donors (Lipinski definition) is 1. The van der Waals surface area contributed by atoms with E-state index in [0.717, 1.165) is 49.9 Å². The maximum absolute atomic E-state index is 13.1. The highest BCUT2D eigenvalue weighted by Gasteiger charge is 2.51. The Morgan fingerprint density at radius 1 is 1.13 bits per heavy atom. The van der Waals surface area contributed by atoms with E-state index in [1.807, 2.05) is 12.1 Å². The van der Waals surface area contributed by atoms with Gasteiger partial charge in [0, 0.05) is 23.9 Å². The Labute approximate surface area is 181 Å². The summed E-state index contributed by atoms with van der Waals surface area (Å²) in [4.78, 5) is 22.1. The van der Waals surface area contributed by atoms with Crippen molar-refractivity contribution in [3.63, 3.8) is 0 Å². The number of hydrogen-bond acceptors (Lipinski definition) is 4. The van der Waals surface area contributed by atoms with Crippen molar-refractivity contribution < 1.29 is 4.79 Å². The lowest BCUT2D eigenvalue weighted by atomic mass is 9.49. The standard InChI is InChI=1S/C25H27N3OS/c1-15-4-5-19(24-28-23-21(30-24)3-2-6-26-23)10-20(15)27-22(29)14-25-11-16-7-17(12-25)9-18(8-16)13-25/h2-6,10,16-18H,7-9,11-14H2,1H3,(H,27,29). The monoisotopic (exact) mass is 417 g/mol. The Hall–Kier alpha value is -2.27. The predicted molar refractivity (Wildman–Crippen MR) is 121 cm³/mol. The molecule has 2 aromatic heterocycles. The first-order chi connectivity index (χ1) is 14.6. The molecule has 4 saturated carbocycles. The van der Waals surface area contributed by atoms with Crippen LogP contribution in [0.25, 0.3) is 20.9 Å². The zero-order valence-corrected chi connectivity index (χ0v) is 18.2. The topological polar surface area (TPSA) is 54.9 Å². The van der Waals surface area contributed by atoms with Gasteiger partial charge >= 0.3 is 0 Å². The Bertz CT molecular complexity index is 1070. The van der Waals surface area contributed by atoms with Crippen molar-refractivity contribution in [3.8, 4) is 10.6 Å². The van der Waals surface area contributed by atoms with Crippen molar-refractivity contribution in [2.45, 2.75) is 51.9 Å². The minimum Gasteiger partial charge on any atom is -0.326 e. The van der Waals surface area contributed by atoms with Gasteiger partial charge in [0.2, 0.25) is 5.91 Å². The fourth-order valence-electron chi connectivity index (χ4n) is 6.82. The molecule has 0 saturated heterocycles. The second-order valence-electron chi connectivity index (χ2n) is 10.0. The molecule has 7 rings (SSSR count). The van der Waals surface area contributed by atoms with Crippen LogP contribution in [0.3, 0.4) is 0 Å². The van der Waals surface area contributed by atoms with Gasteiger partial charge in [0.05, 0.1) is 4.70 Å². The first kappa shape index (κ1) is 18.5. The number of aryl methyl sites for hydroxylation is 1. The van der Waals surface area contributed by atoms with Crippen LogP contribution in [-0.4, -0.2) is 15.9 Å². The van der Waals surface area contributed by atoms with Gasteiger partial charge in [-0.15, -0.1) is 11.3 Å². The number of nitrogens with one attached hydrogen (secondary N) is 1. The third-order valence-electron chi connectivity index (χ3n) is 7.62. The van der Waals surface area contributed by atoms with Gasteiger partial charge in [-0.25, -0.2) is 9.97 Å². The SMILES string of the molecule is Cc1ccc(-c2nc3ncccc3s2)cc1NC(=O)CC12CC3CC(CC(C3)C1)C2. The molecule has 4 aliphatic rings. The van der Waals surface area contributed by atoms with E-state index >= 15 is 0 Å². The summed E-state index contributed by atoms with van der Waals surface area (Å²) in [7, 11) is 0. The van der Waals surface area contributed by atoms with Gasteiger partial charge < -0.3 is 5.32 Å². The molecule has 3 aromatic rings. The number of thiazole rings is 1. The Morgan fingerprint density at radius 2 is 1.87 bits per heavy atom. The van der Waals surface area contributed by atoms with Crippen LogP contribution < -0.4 is 5.32 Å². The van der Waals surface area contributed by atoms with Crippen molar-refractivity contribution in [3.05, 3.63) is 42.1 Å². The molecular formula is C25H27N3OS. The van der Waals surface area contributed by atoms with Gasteiger partial charge in [-0.05, 0) is 92.4 Å². The highest BCUT2D eigenvalue weighted by Crippen LogP contribution is 2.61. The van der Waals surface area contributed by atoms with Gasteiger partial charge in [-0.3, -0.25) is 4.79 Å². The second kappa shape index (κ2) is 6.88. The summed E-state index contributed by atoms with van der Waals surface area (Å²) in [6.07, 6.45) is 10.5. The molecule has 0 spiro atoms. The summed E-state index contributed by atoms with van der Waals surface area (Å²) in [5.74, 6) is 2.81. The zero-order chi connectivity index (χ0) is 20.3. The van der Waals surface area contributed by atoms with E-state index in [2.05, 4.69) is 40.4 Å². The molecular weight excluding hydrogens is 390 g/mol. The van der Waals surface area contributed by atoms with Gasteiger partial charge in [0.15, 0.2) is 5.65 Å². The molecule has 0 unspecified atom stereocenters. The van der Waals surface area contributed by atoms with Crippen LogP contribution in [0, 0.1) is 30.1 Å². The summed E-state index contributed by atoms with van der Waals surface area (Å²) in [6, 6.07) is 10.2. The molecule has 2 heterocycles. The number of fused-ring (bicyclic) bond motifs is 1. The van der Waals surface area contributed by atoms with E-state index in [0.29, 0.717) is 6.42 Å². The molecule has 154 valence electrons. The lowest BCUT2D eigenvalue weighted by Crippen LogP contribution is -2.47. The minimum absolute atomic E-state index is 0.183. The molecule has 4 fully saturated rings. The van der Waals surface area contributed by atoms with Crippen molar-refractivity contribution in [1.29, 1.82) is 0 Å². The third-order valence-corrected chi connectivity index (χ3v) is 8.68. The Morgan fingerprint density at radius 3 is 2.57 bits per heavy atom. The van der Waals surface area contributed by atoms with Gasteiger partial charge in [-0.2, -0.15) is 0 Å². The maximum atomic E-state index is 13.1. The number of rotatable bonds is 4. The minimum atomic E-state index is 0.183. The molecule has 4 nitrogen and oxygen atoms in total. The number of benzene rings is 1. The van der Waals surface area contributed by atoms with Gasteiger partial charge in [0.25, 0.3) is 0 Å². The molecule has 0 radical (unpaired) electrons. The molecule has 5 heteroatoms. The van der Waals surface area contributed by atoms with E-state index in [-0.39, 0.29) is 11.3 Å². The van der Waals surface area contributed by atoms with Crippen LogP contribution in [0.5, 0.6) is 0 Å². The number of amides is 1. The summed E-state index contributed by atoms with van der Waals surface area (Å²) < 4.78 is 1.08. The molecule has 1 amide bonds. The van der Waals surface area contributed by atoms with E-state index in [1.54, 1.807) is 17.5 Å². The first-order valence-electron chi connectivity index (χ1n) is 11.2. The molecule has 4 aliphatic carbocycles. The molecule has 1 N–H and O–H groups in total. The van der Waals surface area contributed by atoms with Gasteiger partial charge in [0.1, 0.15) is 5.01 Å². The number of aromatic nitrogens is 2. The van der Waals surface area contributed by atoms with E-state index < -0.39 is 0 Å². The number of carbonyl (C=O) groups is 1. The fourth-order valence-corrected chi connectivity index (χ4v) is 7.75. The smallest absolute Gasteiger partial charge is 0.224 e. The van der Waals surface area contributed by atoms with Gasteiger partial charge in [-0.1, -0.05) is 12.1 Å². The molecule has 0 aliphatic heterocycles. The number of anilines is 1. The van der Waals surface area contributed by atoms with Crippen LogP contribution in [0.2, 0.25) is 0 Å². The lowest BCUT2D eigenvalue weighted by Gasteiger charge is -2.56. The highest BCUT2D eigenvalue weighted by atomic mass is 32.1. The number of pyridine rings is 1. The van der Waals surface area contributed by atoms with Crippen molar-refractivity contribution in [2.75, 3.05) is 5.32 Å². The Balaban J connectivity index is 1.22. The van der Waals surface area contributed by atoms with Crippen LogP contribution in [-0.2, 0) is 4.79 Å². The molecule has 0 atom stereocenters. The first-order valence-corrected chi connectivity index (χ1v) is 12.0. The normalized spacial score (nSPS) is 29.4. The quantitative estimate of drug-likeness (QED) is 0.549. The van der Waals surface area contributed by atoms with E-state index in [4.69, 9.17) is 0 Å². The van der Waals surface area contributed by atoms with E-state index in [9.17, 15) is 4.79 Å². The summed E-state index contributed by atoms with van der Waals surface area (Å²) in [6.45, 7) is 2.06. The average Bonchev–Trinajstić information content (AvgIpc) is 3.12. The van der Waals surface area contributed by atoms with Crippen LogP contribution in [0.4, 0.5) is 5.69 Å². The van der Waals surface area contributed by atoms with Crippen molar-refractivity contribution in [2.24, 2.45) is 23.2 Å². The van der Waals surface area contributed by atoms with Crippen LogP contribution in [0.1, 0.15) is 50.5 Å². The predicted octanol–water partition coefficient (Wildman–Crippen LogP) is 6.21. The third kappa shape index (κ3) is 3.24. The number of nitrogens with zero attached hydrogens (tertiary/aromatic N) is 2. The summed E-state index contributed by atoms with van der Waals surface area (Å²) in [5, 5.41) is 4.20. The molecule has 4 bridgehead atoms.